The molecule has 0 amide bonds. The zero-order chi connectivity index (χ0) is 17.2. The van der Waals surface area contributed by atoms with E-state index >= 15 is 0 Å². The van der Waals surface area contributed by atoms with E-state index in [-0.39, 0.29) is 12.2 Å². The summed E-state index contributed by atoms with van der Waals surface area (Å²) in [6.45, 7) is 1.75. The molecule has 4 atom stereocenters. The largest absolute Gasteiger partial charge is 0.433 e. The van der Waals surface area contributed by atoms with Crippen LogP contribution in [0.5, 0.6) is 0 Å². The van der Waals surface area contributed by atoms with E-state index in [9.17, 15) is 25.1 Å². The van der Waals surface area contributed by atoms with Gasteiger partial charge in [0.1, 0.15) is 24.1 Å². The van der Waals surface area contributed by atoms with Crippen LogP contribution in [0.15, 0.2) is 17.1 Å². The molecule has 10 nitrogen and oxygen atoms in total. The molecule has 124 valence electrons. The van der Waals surface area contributed by atoms with Crippen molar-refractivity contribution in [3.8, 4) is 6.07 Å². The van der Waals surface area contributed by atoms with E-state index in [4.69, 9.17) is 15.2 Å². The van der Waals surface area contributed by atoms with E-state index in [2.05, 4.69) is 4.98 Å². The van der Waals surface area contributed by atoms with E-state index in [0.29, 0.717) is 11.0 Å². The van der Waals surface area contributed by atoms with Crippen molar-refractivity contribution in [2.75, 3.05) is 5.73 Å². The molecule has 0 unspecified atom stereocenters. The van der Waals surface area contributed by atoms with E-state index in [1.165, 1.54) is 6.07 Å². The first-order chi connectivity index (χ1) is 10.9. The molecule has 1 aromatic rings. The molecule has 10 heteroatoms. The molecule has 1 aliphatic heterocycles. The number of aromatic nitrogens is 2. The number of ether oxygens (including phenoxy) is 2. The van der Waals surface area contributed by atoms with Crippen LogP contribution in [0.25, 0.3) is 0 Å². The molecule has 0 saturated carbocycles. The summed E-state index contributed by atoms with van der Waals surface area (Å²) < 4.78 is 10.8. The third-order valence-corrected chi connectivity index (χ3v) is 3.34. The van der Waals surface area contributed by atoms with Crippen LogP contribution < -0.4 is 11.4 Å². The summed E-state index contributed by atoms with van der Waals surface area (Å²) in [4.78, 5) is 26.9. The number of esters is 1. The van der Waals surface area contributed by atoms with Crippen LogP contribution in [0.1, 0.15) is 19.8 Å². The van der Waals surface area contributed by atoms with Crippen molar-refractivity contribution >= 4 is 11.8 Å². The maximum atomic E-state index is 11.9. The summed E-state index contributed by atoms with van der Waals surface area (Å²) in [6, 6.07) is 2.85. The standard InChI is InChI=1S/C13H16N4O6/c1-2-3-8(18)22-11-9(19)10(20)13(6-14,23-11)17-5-4-7(15)16-12(17)21/h4-5,9-11,19-20H,2-3H2,1H3,(H2,15,16,21)/t9-,10-,11-,13+/m0/s1. The highest BCUT2D eigenvalue weighted by Gasteiger charge is 2.58. The molecular formula is C13H16N4O6. The topological polar surface area (TPSA) is 161 Å². The van der Waals surface area contributed by atoms with Crippen molar-refractivity contribution in [2.45, 2.75) is 44.0 Å². The lowest BCUT2D eigenvalue weighted by Crippen LogP contribution is -2.49. The summed E-state index contributed by atoms with van der Waals surface area (Å²) in [5.74, 6) is -0.751. The Labute approximate surface area is 130 Å². The van der Waals surface area contributed by atoms with Gasteiger partial charge in [-0.05, 0) is 12.5 Å². The summed E-state index contributed by atoms with van der Waals surface area (Å²) in [5.41, 5.74) is 2.13. The van der Waals surface area contributed by atoms with Gasteiger partial charge in [-0.2, -0.15) is 10.2 Å². The zero-order valence-corrected chi connectivity index (χ0v) is 12.2. The average Bonchev–Trinajstić information content (AvgIpc) is 2.73. The number of aliphatic hydroxyl groups is 2. The van der Waals surface area contributed by atoms with Crippen molar-refractivity contribution in [3.63, 3.8) is 0 Å². The van der Waals surface area contributed by atoms with Crippen molar-refractivity contribution in [2.24, 2.45) is 0 Å². The molecular weight excluding hydrogens is 308 g/mol. The molecule has 4 N–H and O–H groups in total. The third-order valence-electron chi connectivity index (χ3n) is 3.34. The molecule has 1 fully saturated rings. The van der Waals surface area contributed by atoms with Crippen LogP contribution in [-0.4, -0.2) is 44.2 Å². The fourth-order valence-electron chi connectivity index (χ4n) is 2.20. The van der Waals surface area contributed by atoms with Crippen LogP contribution in [0.4, 0.5) is 5.82 Å². The van der Waals surface area contributed by atoms with E-state index in [0.717, 1.165) is 6.20 Å². The number of rotatable bonds is 4. The Balaban J connectivity index is 2.37. The van der Waals surface area contributed by atoms with Crippen molar-refractivity contribution in [3.05, 3.63) is 22.7 Å². The summed E-state index contributed by atoms with van der Waals surface area (Å²) in [5, 5.41) is 29.5. The number of carbonyl (C=O) groups is 1. The Kier molecular flexibility index (Phi) is 4.65. The van der Waals surface area contributed by atoms with Gasteiger partial charge < -0.3 is 20.7 Å². The molecule has 2 rings (SSSR count). The highest BCUT2D eigenvalue weighted by Crippen LogP contribution is 2.35. The maximum absolute atomic E-state index is 11.9. The number of nitrogens with two attached hydrogens (primary N) is 1. The number of carbonyl (C=O) groups excluding carboxylic acids is 1. The molecule has 0 spiro atoms. The number of aliphatic hydroxyl groups excluding tert-OH is 2. The SMILES string of the molecule is CCCC(=O)O[C@H]1O[C@@](C#N)(n2ccc(N)nc2=O)[C@@H](O)[C@@H]1O. The number of hydrogen-bond acceptors (Lipinski definition) is 9. The van der Waals surface area contributed by atoms with E-state index < -0.39 is 35.9 Å². The minimum Gasteiger partial charge on any atom is -0.433 e. The van der Waals surface area contributed by atoms with Gasteiger partial charge in [0.15, 0.2) is 0 Å². The second-order valence-electron chi connectivity index (χ2n) is 4.97. The third kappa shape index (κ3) is 2.89. The first-order valence-electron chi connectivity index (χ1n) is 6.86. The van der Waals surface area contributed by atoms with E-state index in [1.807, 2.05) is 0 Å². The molecule has 1 aliphatic rings. The predicted octanol–water partition coefficient (Wildman–Crippen LogP) is -1.58. The van der Waals surface area contributed by atoms with Crippen LogP contribution >= 0.6 is 0 Å². The number of nitrogen functional groups attached to an aromatic ring is 1. The fourth-order valence-corrected chi connectivity index (χ4v) is 2.20. The number of nitrogens with zero attached hydrogens (tertiary/aromatic N) is 3. The highest BCUT2D eigenvalue weighted by molar-refractivity contribution is 5.69. The fraction of sp³-hybridized carbons (Fsp3) is 0.538. The van der Waals surface area contributed by atoms with Crippen LogP contribution in [-0.2, 0) is 20.0 Å². The molecule has 0 radical (unpaired) electrons. The lowest BCUT2D eigenvalue weighted by molar-refractivity contribution is -0.205. The summed E-state index contributed by atoms with van der Waals surface area (Å²) in [6.07, 6.45) is -3.45. The average molecular weight is 324 g/mol. The second-order valence-corrected chi connectivity index (χ2v) is 4.97. The van der Waals surface area contributed by atoms with Gasteiger partial charge in [0.05, 0.1) is 0 Å². The number of anilines is 1. The maximum Gasteiger partial charge on any atom is 0.352 e. The Morgan fingerprint density at radius 3 is 2.91 bits per heavy atom. The number of hydrogen-bond donors (Lipinski definition) is 3. The zero-order valence-electron chi connectivity index (χ0n) is 12.2. The van der Waals surface area contributed by atoms with E-state index in [1.54, 1.807) is 13.0 Å². The summed E-state index contributed by atoms with van der Waals surface area (Å²) in [7, 11) is 0. The minimum atomic E-state index is -2.28. The quantitative estimate of drug-likeness (QED) is 0.555. The molecule has 0 aliphatic carbocycles. The lowest BCUT2D eigenvalue weighted by atomic mass is 10.1. The van der Waals surface area contributed by atoms with Crippen molar-refractivity contribution < 1.29 is 24.5 Å². The monoisotopic (exact) mass is 324 g/mol. The number of nitriles is 1. The Hall–Kier alpha value is -2.48. The lowest BCUT2D eigenvalue weighted by Gasteiger charge is -2.25. The molecule has 23 heavy (non-hydrogen) atoms. The van der Waals surface area contributed by atoms with Gasteiger partial charge in [-0.3, -0.25) is 14.1 Å². The first-order valence-corrected chi connectivity index (χ1v) is 6.86. The van der Waals surface area contributed by atoms with Gasteiger partial charge >= 0.3 is 11.7 Å². The van der Waals surface area contributed by atoms with Crippen molar-refractivity contribution in [1.82, 2.24) is 9.55 Å². The van der Waals surface area contributed by atoms with Gasteiger partial charge in [0.2, 0.25) is 6.29 Å². The van der Waals surface area contributed by atoms with Gasteiger partial charge in [-0.15, -0.1) is 0 Å². The van der Waals surface area contributed by atoms with Crippen molar-refractivity contribution in [1.29, 1.82) is 5.26 Å². The Morgan fingerprint density at radius 1 is 1.65 bits per heavy atom. The van der Waals surface area contributed by atoms with Crippen LogP contribution in [0.2, 0.25) is 0 Å². The molecule has 1 saturated heterocycles. The second kappa shape index (κ2) is 6.33. The van der Waals surface area contributed by atoms with Gasteiger partial charge in [0.25, 0.3) is 5.72 Å². The smallest absolute Gasteiger partial charge is 0.352 e. The van der Waals surface area contributed by atoms with Crippen LogP contribution in [0.3, 0.4) is 0 Å². The normalized spacial score (nSPS) is 29.9. The molecule has 2 heterocycles. The van der Waals surface area contributed by atoms with Gasteiger partial charge in [0, 0.05) is 12.6 Å². The Bertz CT molecular complexity index is 698. The van der Waals surface area contributed by atoms with Gasteiger partial charge in [-0.25, -0.2) is 4.79 Å². The predicted molar refractivity (Wildman–Crippen MR) is 74.4 cm³/mol. The first kappa shape index (κ1) is 16.9. The van der Waals surface area contributed by atoms with Gasteiger partial charge in [-0.1, -0.05) is 6.92 Å². The highest BCUT2D eigenvalue weighted by atomic mass is 16.7. The minimum absolute atomic E-state index is 0.0750. The molecule has 1 aromatic heterocycles. The van der Waals surface area contributed by atoms with Crippen LogP contribution in [0, 0.1) is 11.3 Å². The molecule has 0 bridgehead atoms. The molecule has 0 aromatic carbocycles. The summed E-state index contributed by atoms with van der Waals surface area (Å²) >= 11 is 0. The Morgan fingerprint density at radius 2 is 2.35 bits per heavy atom.